The quantitative estimate of drug-likeness (QED) is 0.647. The second-order valence-corrected chi connectivity index (χ2v) is 5.44. The van der Waals surface area contributed by atoms with Crippen LogP contribution in [0.2, 0.25) is 0 Å². The summed E-state index contributed by atoms with van der Waals surface area (Å²) in [5, 5.41) is 3.51. The zero-order chi connectivity index (χ0) is 15.7. The molecule has 0 aromatic heterocycles. The van der Waals surface area contributed by atoms with Crippen LogP contribution in [0, 0.1) is 0 Å². The normalized spacial score (nSPS) is 12.4. The number of rotatable bonds is 10. The van der Waals surface area contributed by atoms with Crippen LogP contribution in [-0.4, -0.2) is 37.2 Å². The smallest absolute Gasteiger partial charge is 0.123 e. The molecule has 0 fully saturated rings. The van der Waals surface area contributed by atoms with Crippen LogP contribution in [-0.2, 0) is 0 Å². The van der Waals surface area contributed by atoms with Crippen LogP contribution in [0.5, 0.6) is 5.75 Å². The molecule has 1 rings (SSSR count). The summed E-state index contributed by atoms with van der Waals surface area (Å²) in [6, 6.07) is 6.26. The fourth-order valence-electron chi connectivity index (χ4n) is 2.47. The maximum atomic E-state index is 5.91. The molecule has 0 spiro atoms. The van der Waals surface area contributed by atoms with Crippen molar-refractivity contribution in [2.75, 3.05) is 37.3 Å². The molecule has 1 aromatic rings. The Bertz CT molecular complexity index is 405. The molecule has 21 heavy (non-hydrogen) atoms. The van der Waals surface area contributed by atoms with Gasteiger partial charge in [-0.15, -0.1) is 0 Å². The Kier molecular flexibility index (Phi) is 7.98. The predicted octanol–water partition coefficient (Wildman–Crippen LogP) is 3.59. The Balaban J connectivity index is 2.45. The van der Waals surface area contributed by atoms with Crippen molar-refractivity contribution in [3.05, 3.63) is 18.2 Å². The molecule has 0 radical (unpaired) electrons. The lowest BCUT2D eigenvalue weighted by molar-refractivity contribution is 0.295. The highest BCUT2D eigenvalue weighted by Crippen LogP contribution is 2.23. The van der Waals surface area contributed by atoms with Crippen LogP contribution in [0.1, 0.15) is 40.5 Å². The molecule has 1 aromatic carbocycles. The molecule has 1 atom stereocenters. The highest BCUT2D eigenvalue weighted by atomic mass is 16.5. The van der Waals surface area contributed by atoms with Gasteiger partial charge in [0.15, 0.2) is 0 Å². The number of benzene rings is 1. The van der Waals surface area contributed by atoms with E-state index in [-0.39, 0.29) is 0 Å². The number of nitrogens with two attached hydrogens (primary N) is 1. The lowest BCUT2D eigenvalue weighted by atomic mass is 10.1. The van der Waals surface area contributed by atoms with Crippen molar-refractivity contribution in [1.29, 1.82) is 0 Å². The first-order valence-electron chi connectivity index (χ1n) is 8.11. The van der Waals surface area contributed by atoms with Crippen molar-refractivity contribution >= 4 is 11.4 Å². The Labute approximate surface area is 129 Å². The first kappa shape index (κ1) is 17.6. The van der Waals surface area contributed by atoms with Crippen LogP contribution in [0.3, 0.4) is 0 Å². The SMILES string of the molecule is CCOc1cc(N)cc(NC(C)CCCN(CC)CC)c1. The van der Waals surface area contributed by atoms with Gasteiger partial charge in [-0.1, -0.05) is 13.8 Å². The average molecular weight is 293 g/mol. The number of anilines is 2. The van der Waals surface area contributed by atoms with E-state index in [1.54, 1.807) is 0 Å². The van der Waals surface area contributed by atoms with Gasteiger partial charge in [0, 0.05) is 29.5 Å². The molecule has 0 amide bonds. The monoisotopic (exact) mass is 293 g/mol. The third kappa shape index (κ3) is 6.71. The van der Waals surface area contributed by atoms with E-state index in [4.69, 9.17) is 10.5 Å². The van der Waals surface area contributed by atoms with E-state index in [1.165, 1.54) is 13.0 Å². The molecule has 3 N–H and O–H groups in total. The molecule has 0 saturated carbocycles. The largest absolute Gasteiger partial charge is 0.494 e. The number of nitrogens with zero attached hydrogens (tertiary/aromatic N) is 1. The average Bonchev–Trinajstić information content (AvgIpc) is 2.43. The summed E-state index contributed by atoms with van der Waals surface area (Å²) < 4.78 is 5.52. The maximum absolute atomic E-state index is 5.91. The van der Waals surface area contributed by atoms with Gasteiger partial charge >= 0.3 is 0 Å². The molecule has 120 valence electrons. The van der Waals surface area contributed by atoms with Gasteiger partial charge in [0.2, 0.25) is 0 Å². The van der Waals surface area contributed by atoms with E-state index < -0.39 is 0 Å². The zero-order valence-corrected chi connectivity index (χ0v) is 14.0. The van der Waals surface area contributed by atoms with E-state index in [1.807, 2.05) is 25.1 Å². The Hall–Kier alpha value is -1.42. The van der Waals surface area contributed by atoms with Crippen LogP contribution in [0.25, 0.3) is 0 Å². The van der Waals surface area contributed by atoms with Crippen molar-refractivity contribution in [2.45, 2.75) is 46.6 Å². The van der Waals surface area contributed by atoms with Gasteiger partial charge < -0.3 is 20.7 Å². The molecular formula is C17H31N3O. The number of nitrogen functional groups attached to an aromatic ring is 1. The minimum atomic E-state index is 0.428. The van der Waals surface area contributed by atoms with Gasteiger partial charge in [0.1, 0.15) is 5.75 Å². The number of nitrogens with one attached hydrogen (secondary N) is 1. The highest BCUT2D eigenvalue weighted by molar-refractivity contribution is 5.59. The van der Waals surface area contributed by atoms with Gasteiger partial charge in [-0.2, -0.15) is 0 Å². The van der Waals surface area contributed by atoms with E-state index >= 15 is 0 Å². The van der Waals surface area contributed by atoms with E-state index in [0.717, 1.165) is 36.6 Å². The lowest BCUT2D eigenvalue weighted by Crippen LogP contribution is -2.25. The minimum absolute atomic E-state index is 0.428. The van der Waals surface area contributed by atoms with Gasteiger partial charge in [-0.25, -0.2) is 0 Å². The molecule has 0 aliphatic carbocycles. The van der Waals surface area contributed by atoms with Crippen molar-refractivity contribution < 1.29 is 4.74 Å². The molecule has 0 bridgehead atoms. The van der Waals surface area contributed by atoms with Crippen molar-refractivity contribution in [3.8, 4) is 5.75 Å². The van der Waals surface area contributed by atoms with E-state index in [2.05, 4.69) is 31.0 Å². The Morgan fingerprint density at radius 2 is 1.90 bits per heavy atom. The first-order chi connectivity index (χ1) is 10.1. The molecule has 0 heterocycles. The van der Waals surface area contributed by atoms with Crippen molar-refractivity contribution in [2.24, 2.45) is 0 Å². The van der Waals surface area contributed by atoms with Gasteiger partial charge in [0.05, 0.1) is 6.61 Å². The summed E-state index contributed by atoms with van der Waals surface area (Å²) >= 11 is 0. The molecule has 0 aliphatic rings. The zero-order valence-electron chi connectivity index (χ0n) is 14.0. The highest BCUT2D eigenvalue weighted by Gasteiger charge is 2.06. The predicted molar refractivity (Wildman–Crippen MR) is 92.1 cm³/mol. The van der Waals surface area contributed by atoms with E-state index in [0.29, 0.717) is 12.6 Å². The summed E-state index contributed by atoms with van der Waals surface area (Å²) in [5.74, 6) is 0.829. The number of ether oxygens (including phenoxy) is 1. The number of hydrogen-bond donors (Lipinski definition) is 2. The molecule has 1 unspecified atom stereocenters. The summed E-state index contributed by atoms with van der Waals surface area (Å²) in [7, 11) is 0. The molecular weight excluding hydrogens is 262 g/mol. The van der Waals surface area contributed by atoms with Crippen molar-refractivity contribution in [1.82, 2.24) is 4.90 Å². The Morgan fingerprint density at radius 3 is 2.52 bits per heavy atom. The minimum Gasteiger partial charge on any atom is -0.494 e. The topological polar surface area (TPSA) is 50.5 Å². The van der Waals surface area contributed by atoms with E-state index in [9.17, 15) is 0 Å². The summed E-state index contributed by atoms with van der Waals surface area (Å²) in [4.78, 5) is 2.46. The fourth-order valence-corrected chi connectivity index (χ4v) is 2.47. The van der Waals surface area contributed by atoms with Gasteiger partial charge in [0.25, 0.3) is 0 Å². The second-order valence-electron chi connectivity index (χ2n) is 5.44. The first-order valence-corrected chi connectivity index (χ1v) is 8.11. The van der Waals surface area contributed by atoms with Gasteiger partial charge in [-0.05, 0) is 52.4 Å². The Morgan fingerprint density at radius 1 is 1.19 bits per heavy atom. The maximum Gasteiger partial charge on any atom is 0.123 e. The van der Waals surface area contributed by atoms with Crippen LogP contribution >= 0.6 is 0 Å². The lowest BCUT2D eigenvalue weighted by Gasteiger charge is -2.20. The summed E-state index contributed by atoms with van der Waals surface area (Å²) in [6.45, 7) is 12.7. The summed E-state index contributed by atoms with van der Waals surface area (Å²) in [6.07, 6.45) is 2.35. The standard InChI is InChI=1S/C17H31N3O/c1-5-20(6-2)10-8-9-14(4)19-16-11-15(18)12-17(13-16)21-7-3/h11-14,19H,5-10,18H2,1-4H3. The second kappa shape index (κ2) is 9.50. The molecule has 0 saturated heterocycles. The third-order valence-electron chi connectivity index (χ3n) is 3.66. The third-order valence-corrected chi connectivity index (χ3v) is 3.66. The van der Waals surface area contributed by atoms with Crippen LogP contribution in [0.4, 0.5) is 11.4 Å². The van der Waals surface area contributed by atoms with Crippen molar-refractivity contribution in [3.63, 3.8) is 0 Å². The molecule has 0 aliphatic heterocycles. The van der Waals surface area contributed by atoms with Crippen LogP contribution in [0.15, 0.2) is 18.2 Å². The molecule has 4 heteroatoms. The molecule has 4 nitrogen and oxygen atoms in total. The summed E-state index contributed by atoms with van der Waals surface area (Å²) in [5.41, 5.74) is 7.69. The fraction of sp³-hybridized carbons (Fsp3) is 0.647. The van der Waals surface area contributed by atoms with Crippen LogP contribution < -0.4 is 15.8 Å². The number of hydrogen-bond acceptors (Lipinski definition) is 4. The van der Waals surface area contributed by atoms with Gasteiger partial charge in [-0.3, -0.25) is 0 Å².